The predicted octanol–water partition coefficient (Wildman–Crippen LogP) is 4.20. The lowest BCUT2D eigenvalue weighted by Crippen LogP contribution is -2.38. The van der Waals surface area contributed by atoms with Crippen LogP contribution in [0.3, 0.4) is 0 Å². The van der Waals surface area contributed by atoms with Gasteiger partial charge in [-0.1, -0.05) is 6.92 Å². The van der Waals surface area contributed by atoms with Crippen LogP contribution in [0.15, 0.2) is 34.1 Å². The number of rotatable bonds is 3. The van der Waals surface area contributed by atoms with Crippen molar-refractivity contribution < 1.29 is 9.21 Å². The molecule has 1 aliphatic rings. The summed E-state index contributed by atoms with van der Waals surface area (Å²) in [5.41, 5.74) is 1.32. The normalized spacial score (nSPS) is 18.2. The fraction of sp³-hybridized carbons (Fsp3) is 0.353. The molecule has 0 N–H and O–H groups in total. The third-order valence-electron chi connectivity index (χ3n) is 3.92. The van der Waals surface area contributed by atoms with Crippen LogP contribution in [0.4, 0.5) is 0 Å². The number of hydrogen-bond acceptors (Lipinski definition) is 3. The van der Waals surface area contributed by atoms with Crippen LogP contribution in [0.1, 0.15) is 41.3 Å². The molecule has 0 fully saturated rings. The molecule has 1 unspecified atom stereocenters. The van der Waals surface area contributed by atoms with Crippen LogP contribution in [-0.2, 0) is 11.2 Å². The Bertz CT molecular complexity index is 668. The van der Waals surface area contributed by atoms with E-state index in [9.17, 15) is 4.79 Å². The van der Waals surface area contributed by atoms with Gasteiger partial charge < -0.3 is 9.32 Å². The molecular formula is C17H19NO2S. The Morgan fingerprint density at radius 2 is 2.33 bits per heavy atom. The van der Waals surface area contributed by atoms with Crippen molar-refractivity contribution in [3.8, 4) is 0 Å². The first-order valence-corrected chi connectivity index (χ1v) is 8.18. The van der Waals surface area contributed by atoms with Crippen LogP contribution in [0.25, 0.3) is 6.08 Å². The Morgan fingerprint density at radius 3 is 3.05 bits per heavy atom. The molecule has 0 spiro atoms. The van der Waals surface area contributed by atoms with E-state index < -0.39 is 0 Å². The summed E-state index contributed by atoms with van der Waals surface area (Å²) in [6.45, 7) is 4.83. The lowest BCUT2D eigenvalue weighted by atomic mass is 9.97. The molecule has 0 saturated carbocycles. The molecule has 110 valence electrons. The van der Waals surface area contributed by atoms with Gasteiger partial charge in [-0.25, -0.2) is 0 Å². The minimum atomic E-state index is 0.0627. The van der Waals surface area contributed by atoms with E-state index >= 15 is 0 Å². The van der Waals surface area contributed by atoms with E-state index in [1.54, 1.807) is 23.5 Å². The number of nitrogens with zero attached hydrogens (tertiary/aromatic N) is 1. The fourth-order valence-corrected chi connectivity index (χ4v) is 3.82. The molecule has 1 amide bonds. The maximum Gasteiger partial charge on any atom is 0.247 e. The zero-order valence-electron chi connectivity index (χ0n) is 12.3. The van der Waals surface area contributed by atoms with E-state index in [1.807, 2.05) is 24.0 Å². The number of thiophene rings is 1. The third-order valence-corrected chi connectivity index (χ3v) is 4.91. The van der Waals surface area contributed by atoms with E-state index in [-0.39, 0.29) is 11.9 Å². The van der Waals surface area contributed by atoms with Crippen molar-refractivity contribution in [2.45, 2.75) is 32.7 Å². The van der Waals surface area contributed by atoms with Gasteiger partial charge in [0.25, 0.3) is 0 Å². The van der Waals surface area contributed by atoms with Gasteiger partial charge in [0.05, 0.1) is 6.04 Å². The molecule has 1 atom stereocenters. The molecule has 2 aromatic heterocycles. The van der Waals surface area contributed by atoms with Gasteiger partial charge in [-0.3, -0.25) is 4.79 Å². The Morgan fingerprint density at radius 1 is 1.48 bits per heavy atom. The third kappa shape index (κ3) is 2.81. The number of furan rings is 1. The molecule has 1 aliphatic heterocycles. The summed E-state index contributed by atoms with van der Waals surface area (Å²) in [6.07, 6.45) is 5.29. The molecule has 0 aromatic carbocycles. The standard InChI is InChI=1S/C17H19NO2S/c1-3-15-14-9-11-21-16(14)8-10-18(15)17(19)7-6-13-5-4-12(2)20-13/h4-7,9,11,15H,3,8,10H2,1-2H3. The topological polar surface area (TPSA) is 33.5 Å². The lowest BCUT2D eigenvalue weighted by Gasteiger charge is -2.34. The number of carbonyl (C=O) groups is 1. The van der Waals surface area contributed by atoms with Gasteiger partial charge in [0.1, 0.15) is 11.5 Å². The highest BCUT2D eigenvalue weighted by Gasteiger charge is 2.29. The molecule has 0 saturated heterocycles. The molecule has 3 heterocycles. The van der Waals surface area contributed by atoms with Crippen molar-refractivity contribution in [3.05, 3.63) is 51.6 Å². The number of amides is 1. The minimum Gasteiger partial charge on any atom is -0.462 e. The van der Waals surface area contributed by atoms with Gasteiger partial charge in [0, 0.05) is 17.5 Å². The quantitative estimate of drug-likeness (QED) is 0.796. The first kappa shape index (κ1) is 14.1. The van der Waals surface area contributed by atoms with Gasteiger partial charge in [0.15, 0.2) is 0 Å². The number of fused-ring (bicyclic) bond motifs is 1. The summed E-state index contributed by atoms with van der Waals surface area (Å²) in [5, 5.41) is 2.13. The molecule has 0 bridgehead atoms. The first-order chi connectivity index (χ1) is 10.2. The van der Waals surface area contributed by atoms with Gasteiger partial charge >= 0.3 is 0 Å². The van der Waals surface area contributed by atoms with Gasteiger partial charge in [-0.15, -0.1) is 11.3 Å². The van der Waals surface area contributed by atoms with Crippen LogP contribution < -0.4 is 0 Å². The van der Waals surface area contributed by atoms with Crippen molar-refractivity contribution in [1.29, 1.82) is 0 Å². The highest BCUT2D eigenvalue weighted by molar-refractivity contribution is 7.10. The zero-order valence-corrected chi connectivity index (χ0v) is 13.2. The Kier molecular flexibility index (Phi) is 3.97. The highest BCUT2D eigenvalue weighted by Crippen LogP contribution is 2.35. The van der Waals surface area contributed by atoms with Crippen molar-refractivity contribution >= 4 is 23.3 Å². The summed E-state index contributed by atoms with van der Waals surface area (Å²) >= 11 is 1.80. The molecule has 2 aromatic rings. The SMILES string of the molecule is CCC1c2ccsc2CCN1C(=O)C=Cc1ccc(C)o1. The van der Waals surface area contributed by atoms with Crippen LogP contribution in [0.5, 0.6) is 0 Å². The molecule has 4 heteroatoms. The van der Waals surface area contributed by atoms with Crippen LogP contribution in [0, 0.1) is 6.92 Å². The van der Waals surface area contributed by atoms with E-state index in [2.05, 4.69) is 18.4 Å². The lowest BCUT2D eigenvalue weighted by molar-refractivity contribution is -0.128. The second kappa shape index (κ2) is 5.90. The van der Waals surface area contributed by atoms with Crippen molar-refractivity contribution in [3.63, 3.8) is 0 Å². The Labute approximate surface area is 128 Å². The maximum absolute atomic E-state index is 12.5. The van der Waals surface area contributed by atoms with Crippen LogP contribution >= 0.6 is 11.3 Å². The van der Waals surface area contributed by atoms with Crippen LogP contribution in [-0.4, -0.2) is 17.4 Å². The largest absolute Gasteiger partial charge is 0.462 e. The minimum absolute atomic E-state index is 0.0627. The zero-order chi connectivity index (χ0) is 14.8. The average molecular weight is 301 g/mol. The van der Waals surface area contributed by atoms with Crippen molar-refractivity contribution in [1.82, 2.24) is 4.90 Å². The summed E-state index contributed by atoms with van der Waals surface area (Å²) in [6, 6.07) is 6.14. The Hall–Kier alpha value is -1.81. The number of hydrogen-bond donors (Lipinski definition) is 0. The fourth-order valence-electron chi connectivity index (χ4n) is 2.89. The summed E-state index contributed by atoms with van der Waals surface area (Å²) < 4.78 is 5.46. The van der Waals surface area contributed by atoms with E-state index in [0.717, 1.165) is 30.9 Å². The summed E-state index contributed by atoms with van der Waals surface area (Å²) in [5.74, 6) is 1.64. The number of carbonyl (C=O) groups excluding carboxylic acids is 1. The Balaban J connectivity index is 1.77. The molecule has 3 nitrogen and oxygen atoms in total. The molecular weight excluding hydrogens is 282 g/mol. The van der Waals surface area contributed by atoms with E-state index in [1.165, 1.54) is 10.4 Å². The smallest absolute Gasteiger partial charge is 0.247 e. The van der Waals surface area contributed by atoms with Crippen molar-refractivity contribution in [2.24, 2.45) is 0 Å². The molecule has 0 aliphatic carbocycles. The summed E-state index contributed by atoms with van der Waals surface area (Å²) in [7, 11) is 0. The first-order valence-electron chi connectivity index (χ1n) is 7.30. The predicted molar refractivity (Wildman–Crippen MR) is 85.2 cm³/mol. The van der Waals surface area contributed by atoms with Gasteiger partial charge in [-0.2, -0.15) is 0 Å². The van der Waals surface area contributed by atoms with Gasteiger partial charge in [0.2, 0.25) is 5.91 Å². The maximum atomic E-state index is 12.5. The second-order valence-corrected chi connectivity index (χ2v) is 6.29. The van der Waals surface area contributed by atoms with Crippen LogP contribution in [0.2, 0.25) is 0 Å². The monoisotopic (exact) mass is 301 g/mol. The average Bonchev–Trinajstić information content (AvgIpc) is 3.12. The van der Waals surface area contributed by atoms with Gasteiger partial charge in [-0.05, 0) is 55.0 Å². The number of aryl methyl sites for hydroxylation is 1. The van der Waals surface area contributed by atoms with E-state index in [0.29, 0.717) is 0 Å². The second-order valence-electron chi connectivity index (χ2n) is 5.29. The summed E-state index contributed by atoms with van der Waals surface area (Å²) in [4.78, 5) is 15.9. The van der Waals surface area contributed by atoms with E-state index in [4.69, 9.17) is 4.42 Å². The molecule has 3 rings (SSSR count). The molecule has 21 heavy (non-hydrogen) atoms. The molecule has 0 radical (unpaired) electrons. The van der Waals surface area contributed by atoms with Crippen molar-refractivity contribution in [2.75, 3.05) is 6.54 Å². The highest BCUT2D eigenvalue weighted by atomic mass is 32.1.